The van der Waals surface area contributed by atoms with Crippen molar-refractivity contribution in [2.75, 3.05) is 7.11 Å². The molecule has 0 saturated heterocycles. The van der Waals surface area contributed by atoms with Gasteiger partial charge in [0.2, 0.25) is 0 Å². The molecule has 21 heavy (non-hydrogen) atoms. The topological polar surface area (TPSA) is 26.3 Å². The molecule has 118 valence electrons. The first-order valence-corrected chi connectivity index (χ1v) is 8.07. The van der Waals surface area contributed by atoms with Gasteiger partial charge in [-0.2, -0.15) is 0 Å². The van der Waals surface area contributed by atoms with Crippen LogP contribution in [-0.4, -0.2) is 13.1 Å². The van der Waals surface area contributed by atoms with Gasteiger partial charge in [0, 0.05) is 0 Å². The second-order valence-electron chi connectivity index (χ2n) is 6.27. The number of esters is 1. The van der Waals surface area contributed by atoms with E-state index in [1.54, 1.807) is 0 Å². The maximum Gasteiger partial charge on any atom is 0.308 e. The summed E-state index contributed by atoms with van der Waals surface area (Å²) in [4.78, 5) is 11.6. The van der Waals surface area contributed by atoms with E-state index in [9.17, 15) is 4.79 Å². The van der Waals surface area contributed by atoms with Crippen LogP contribution in [-0.2, 0) is 9.53 Å². The lowest BCUT2D eigenvalue weighted by Gasteiger charge is -2.20. The molecule has 0 N–H and O–H groups in total. The van der Waals surface area contributed by atoms with Gasteiger partial charge in [-0.15, -0.1) is 0 Å². The van der Waals surface area contributed by atoms with E-state index in [0.29, 0.717) is 0 Å². The fraction of sp³-hybridized carbons (Fsp3) is 0.632. The van der Waals surface area contributed by atoms with E-state index in [2.05, 4.69) is 39.0 Å². The molecular weight excluding hydrogens is 260 g/mol. The molecule has 1 unspecified atom stereocenters. The minimum Gasteiger partial charge on any atom is -0.469 e. The van der Waals surface area contributed by atoms with Gasteiger partial charge in [0.25, 0.3) is 0 Å². The van der Waals surface area contributed by atoms with Crippen LogP contribution in [0.5, 0.6) is 0 Å². The van der Waals surface area contributed by atoms with Crippen molar-refractivity contribution >= 4 is 5.97 Å². The minimum atomic E-state index is -0.0472. The lowest BCUT2D eigenvalue weighted by Crippen LogP contribution is -2.19. The number of hydrogen-bond acceptors (Lipinski definition) is 2. The van der Waals surface area contributed by atoms with E-state index < -0.39 is 0 Å². The van der Waals surface area contributed by atoms with E-state index in [0.717, 1.165) is 44.9 Å². The summed E-state index contributed by atoms with van der Waals surface area (Å²) in [5, 5.41) is 0. The van der Waals surface area contributed by atoms with Crippen molar-refractivity contribution in [3.63, 3.8) is 0 Å². The van der Waals surface area contributed by atoms with Crippen LogP contribution in [0.25, 0.3) is 0 Å². The van der Waals surface area contributed by atoms with E-state index >= 15 is 0 Å². The lowest BCUT2D eigenvalue weighted by molar-refractivity contribution is -0.145. The van der Waals surface area contributed by atoms with Gasteiger partial charge in [0.05, 0.1) is 13.0 Å². The molecule has 0 aromatic heterocycles. The third-order valence-electron chi connectivity index (χ3n) is 4.04. The fourth-order valence-corrected chi connectivity index (χ4v) is 2.76. The van der Waals surface area contributed by atoms with Gasteiger partial charge in [0.1, 0.15) is 0 Å². The van der Waals surface area contributed by atoms with Gasteiger partial charge in [-0.05, 0) is 65.7 Å². The normalized spacial score (nSPS) is 19.0. The van der Waals surface area contributed by atoms with Crippen molar-refractivity contribution in [1.29, 1.82) is 0 Å². The predicted octanol–water partition coefficient (Wildman–Crippen LogP) is 5.36. The number of carbonyl (C=O) groups is 1. The average Bonchev–Trinajstić information content (AvgIpc) is 2.46. The van der Waals surface area contributed by atoms with Gasteiger partial charge in [-0.1, -0.05) is 34.9 Å². The molecule has 0 aliphatic heterocycles. The Morgan fingerprint density at radius 3 is 2.71 bits per heavy atom. The summed E-state index contributed by atoms with van der Waals surface area (Å²) in [5.41, 5.74) is 4.28. The molecule has 0 amide bonds. The highest BCUT2D eigenvalue weighted by atomic mass is 16.5. The number of hydrogen-bond donors (Lipinski definition) is 0. The Hall–Kier alpha value is -1.31. The molecule has 0 bridgehead atoms. The van der Waals surface area contributed by atoms with Crippen LogP contribution < -0.4 is 0 Å². The summed E-state index contributed by atoms with van der Waals surface area (Å²) in [6, 6.07) is 0. The number of carbonyl (C=O) groups excluding carboxylic acids is 1. The zero-order valence-electron chi connectivity index (χ0n) is 14.1. The second kappa shape index (κ2) is 9.59. The Labute approximate surface area is 130 Å². The van der Waals surface area contributed by atoms with E-state index in [1.165, 1.54) is 23.8 Å². The molecule has 2 nitrogen and oxygen atoms in total. The molecule has 1 rings (SSSR count). The molecule has 2 heteroatoms. The van der Waals surface area contributed by atoms with Crippen LogP contribution >= 0.6 is 0 Å². The highest BCUT2D eigenvalue weighted by Gasteiger charge is 2.22. The Balaban J connectivity index is 2.33. The monoisotopic (exact) mass is 290 g/mol. The van der Waals surface area contributed by atoms with Gasteiger partial charge < -0.3 is 4.74 Å². The van der Waals surface area contributed by atoms with Gasteiger partial charge in [0.15, 0.2) is 0 Å². The lowest BCUT2D eigenvalue weighted by atomic mass is 9.87. The molecule has 0 saturated carbocycles. The first kappa shape index (κ1) is 17.7. The molecule has 0 spiro atoms. The largest absolute Gasteiger partial charge is 0.469 e. The number of ether oxygens (including phenoxy) is 1. The summed E-state index contributed by atoms with van der Waals surface area (Å²) in [6.07, 6.45) is 14.2. The first-order valence-electron chi connectivity index (χ1n) is 8.07. The standard InChI is InChI=1S/C19H30O2/c1-15(2)8-5-9-16(3)10-6-11-17-12-7-13-18(14-17)19(20)21-4/h8,10,12,18H,5-7,9,11,13-14H2,1-4H3. The van der Waals surface area contributed by atoms with E-state index in [-0.39, 0.29) is 11.9 Å². The molecule has 0 radical (unpaired) electrons. The maximum absolute atomic E-state index is 11.6. The van der Waals surface area contributed by atoms with Crippen LogP contribution in [0, 0.1) is 5.92 Å². The van der Waals surface area contributed by atoms with Crippen molar-refractivity contribution in [3.8, 4) is 0 Å². The molecule has 1 aliphatic rings. The molecule has 1 aliphatic carbocycles. The van der Waals surface area contributed by atoms with Crippen LogP contribution in [0.2, 0.25) is 0 Å². The highest BCUT2D eigenvalue weighted by Crippen LogP contribution is 2.28. The summed E-state index contributed by atoms with van der Waals surface area (Å²) < 4.78 is 4.86. The van der Waals surface area contributed by atoms with Gasteiger partial charge >= 0.3 is 5.97 Å². The smallest absolute Gasteiger partial charge is 0.308 e. The van der Waals surface area contributed by atoms with Crippen LogP contribution in [0.15, 0.2) is 34.9 Å². The van der Waals surface area contributed by atoms with Crippen molar-refractivity contribution < 1.29 is 9.53 Å². The highest BCUT2D eigenvalue weighted by molar-refractivity contribution is 5.72. The molecular formula is C19H30O2. The summed E-state index contributed by atoms with van der Waals surface area (Å²) in [6.45, 7) is 6.50. The Morgan fingerprint density at radius 1 is 1.29 bits per heavy atom. The minimum absolute atomic E-state index is 0.0472. The third-order valence-corrected chi connectivity index (χ3v) is 4.04. The fourth-order valence-electron chi connectivity index (χ4n) is 2.76. The second-order valence-corrected chi connectivity index (χ2v) is 6.27. The molecule has 0 fully saturated rings. The maximum atomic E-state index is 11.6. The van der Waals surface area contributed by atoms with Crippen molar-refractivity contribution in [2.45, 2.75) is 65.7 Å². The summed E-state index contributed by atoms with van der Waals surface area (Å²) in [7, 11) is 1.49. The van der Waals surface area contributed by atoms with Crippen molar-refractivity contribution in [3.05, 3.63) is 34.9 Å². The number of rotatable bonds is 7. The van der Waals surface area contributed by atoms with Crippen LogP contribution in [0.1, 0.15) is 65.7 Å². The Kier molecular flexibility index (Phi) is 8.11. The van der Waals surface area contributed by atoms with Crippen LogP contribution in [0.3, 0.4) is 0 Å². The molecule has 0 aromatic rings. The zero-order valence-corrected chi connectivity index (χ0v) is 14.1. The van der Waals surface area contributed by atoms with Gasteiger partial charge in [-0.3, -0.25) is 4.79 Å². The Morgan fingerprint density at radius 2 is 2.05 bits per heavy atom. The summed E-state index contributed by atoms with van der Waals surface area (Å²) in [5.74, 6) is 0.0341. The Bertz CT molecular complexity index is 423. The molecule has 1 atom stereocenters. The van der Waals surface area contributed by atoms with Gasteiger partial charge in [-0.25, -0.2) is 0 Å². The quantitative estimate of drug-likeness (QED) is 0.466. The number of allylic oxidation sites excluding steroid dienone is 6. The van der Waals surface area contributed by atoms with E-state index in [1.807, 2.05) is 0 Å². The van der Waals surface area contributed by atoms with E-state index in [4.69, 9.17) is 4.74 Å². The van der Waals surface area contributed by atoms with Crippen LogP contribution in [0.4, 0.5) is 0 Å². The zero-order chi connectivity index (χ0) is 15.7. The van der Waals surface area contributed by atoms with Crippen molar-refractivity contribution in [2.24, 2.45) is 5.92 Å². The molecule has 0 heterocycles. The third kappa shape index (κ3) is 7.31. The first-order chi connectivity index (χ1) is 10.0. The molecule has 0 aromatic carbocycles. The predicted molar refractivity (Wildman–Crippen MR) is 89.1 cm³/mol. The number of methoxy groups -OCH3 is 1. The van der Waals surface area contributed by atoms with Crippen molar-refractivity contribution in [1.82, 2.24) is 0 Å². The summed E-state index contributed by atoms with van der Waals surface area (Å²) >= 11 is 0. The SMILES string of the molecule is COC(=O)C1CCC=C(CCC=C(C)CCC=C(C)C)C1. The average molecular weight is 290 g/mol.